The van der Waals surface area contributed by atoms with Gasteiger partial charge in [-0.15, -0.1) is 0 Å². The number of aliphatic hydroxyl groups excluding tert-OH is 1. The van der Waals surface area contributed by atoms with Gasteiger partial charge in [0.2, 0.25) is 5.91 Å². The minimum Gasteiger partial charge on any atom is -0.465 e. The number of ether oxygens (including phenoxy) is 7. The molecule has 0 aromatic carbocycles. The molecule has 0 atom stereocenters. The number of amides is 1. The maximum atomic E-state index is 12.5. The number of carbonyl (C=O) groups excluding carboxylic acids is 7. The Morgan fingerprint density at radius 1 is 0.511 bits per heavy atom. The van der Waals surface area contributed by atoms with E-state index in [-0.39, 0.29) is 26.0 Å². The molecule has 0 bridgehead atoms. The SMILES string of the molecule is C=CC(=O)OCC(COCC(COC(=O)C=C)(COC(=O)C=C)COC(=O)CCC(=O)NCCO)(COC(=O)C=C)COC(=O)C=C. The Kier molecular flexibility index (Phi) is 20.8. The molecule has 0 aliphatic heterocycles. The van der Waals surface area contributed by atoms with Crippen molar-refractivity contribution in [3.63, 3.8) is 0 Å². The first kappa shape index (κ1) is 41.9. The second-order valence-electron chi connectivity index (χ2n) is 9.79. The van der Waals surface area contributed by atoms with Gasteiger partial charge in [-0.1, -0.05) is 32.9 Å². The molecule has 0 spiro atoms. The molecule has 0 aliphatic carbocycles. The quantitative estimate of drug-likeness (QED) is 0.0708. The van der Waals surface area contributed by atoms with Crippen LogP contribution in [0, 0.1) is 10.8 Å². The van der Waals surface area contributed by atoms with Crippen LogP contribution < -0.4 is 5.32 Å². The number of esters is 6. The number of nitrogens with one attached hydrogen (secondary N) is 1. The van der Waals surface area contributed by atoms with E-state index in [1.807, 2.05) is 0 Å². The van der Waals surface area contributed by atoms with Crippen LogP contribution in [-0.2, 0) is 66.7 Å². The Hall–Kier alpha value is -5.09. The maximum absolute atomic E-state index is 12.5. The van der Waals surface area contributed by atoms with Gasteiger partial charge >= 0.3 is 35.8 Å². The first-order valence-corrected chi connectivity index (χ1v) is 13.9. The van der Waals surface area contributed by atoms with Crippen molar-refractivity contribution in [1.82, 2.24) is 5.32 Å². The van der Waals surface area contributed by atoms with Crippen molar-refractivity contribution in [2.45, 2.75) is 12.8 Å². The molecule has 0 aromatic rings. The van der Waals surface area contributed by atoms with Crippen molar-refractivity contribution in [3.8, 4) is 0 Å². The first-order chi connectivity index (χ1) is 22.3. The van der Waals surface area contributed by atoms with E-state index >= 15 is 0 Å². The Morgan fingerprint density at radius 2 is 0.830 bits per heavy atom. The van der Waals surface area contributed by atoms with E-state index < -0.39 is 105 Å². The average Bonchev–Trinajstić information content (AvgIpc) is 3.09. The van der Waals surface area contributed by atoms with Crippen molar-refractivity contribution < 1.29 is 71.8 Å². The lowest BCUT2D eigenvalue weighted by atomic mass is 9.90. The fraction of sp³-hybridized carbons (Fsp3) is 0.452. The van der Waals surface area contributed by atoms with Gasteiger partial charge in [-0.05, 0) is 0 Å². The second-order valence-corrected chi connectivity index (χ2v) is 9.79. The third-order valence-corrected chi connectivity index (χ3v) is 5.78. The highest BCUT2D eigenvalue weighted by molar-refractivity contribution is 5.83. The second kappa shape index (κ2) is 23.3. The van der Waals surface area contributed by atoms with Crippen molar-refractivity contribution in [2.75, 3.05) is 66.0 Å². The van der Waals surface area contributed by atoms with Crippen LogP contribution in [0.4, 0.5) is 0 Å². The summed E-state index contributed by atoms with van der Waals surface area (Å²) >= 11 is 0. The minimum absolute atomic E-state index is 0.00840. The molecule has 0 unspecified atom stereocenters. The van der Waals surface area contributed by atoms with Crippen molar-refractivity contribution >= 4 is 41.7 Å². The summed E-state index contributed by atoms with van der Waals surface area (Å²) < 4.78 is 37.1. The van der Waals surface area contributed by atoms with E-state index in [0.29, 0.717) is 0 Å². The van der Waals surface area contributed by atoms with Gasteiger partial charge in [0.15, 0.2) is 0 Å². The zero-order valence-corrected chi connectivity index (χ0v) is 26.1. The van der Waals surface area contributed by atoms with Crippen LogP contribution in [0.5, 0.6) is 0 Å². The molecule has 260 valence electrons. The van der Waals surface area contributed by atoms with E-state index in [1.54, 1.807) is 0 Å². The summed E-state index contributed by atoms with van der Waals surface area (Å²) in [7, 11) is 0. The minimum atomic E-state index is -1.59. The molecule has 0 saturated carbocycles. The normalized spacial score (nSPS) is 10.7. The summed E-state index contributed by atoms with van der Waals surface area (Å²) in [6.07, 6.45) is 3.70. The topological polar surface area (TPSA) is 216 Å². The molecule has 0 saturated heterocycles. The Morgan fingerprint density at radius 3 is 1.13 bits per heavy atom. The lowest BCUT2D eigenvalue weighted by Gasteiger charge is -2.35. The number of hydrogen-bond acceptors (Lipinski definition) is 15. The zero-order valence-electron chi connectivity index (χ0n) is 26.1. The van der Waals surface area contributed by atoms with E-state index in [4.69, 9.17) is 38.3 Å². The lowest BCUT2D eigenvalue weighted by molar-refractivity contribution is -0.171. The van der Waals surface area contributed by atoms with Gasteiger partial charge in [0.25, 0.3) is 0 Å². The molecule has 0 aromatic heterocycles. The summed E-state index contributed by atoms with van der Waals surface area (Å²) in [4.78, 5) is 84.0. The number of hydrogen-bond donors (Lipinski definition) is 2. The summed E-state index contributed by atoms with van der Waals surface area (Å²) in [5, 5.41) is 11.2. The molecule has 47 heavy (non-hydrogen) atoms. The Labute approximate surface area is 272 Å². The predicted octanol–water partition coefficient (Wildman–Crippen LogP) is 0.0537. The highest BCUT2D eigenvalue weighted by Crippen LogP contribution is 2.26. The molecular weight excluding hydrogens is 626 g/mol. The summed E-state index contributed by atoms with van der Waals surface area (Å²) in [5.41, 5.74) is -3.14. The summed E-state index contributed by atoms with van der Waals surface area (Å²) in [6.45, 7) is 12.0. The monoisotopic (exact) mass is 667 g/mol. The molecule has 0 fully saturated rings. The molecule has 16 heteroatoms. The summed E-state index contributed by atoms with van der Waals surface area (Å²) in [6, 6.07) is 0. The number of rotatable bonds is 26. The molecule has 0 heterocycles. The van der Waals surface area contributed by atoms with Gasteiger partial charge in [0, 0.05) is 43.3 Å². The third-order valence-electron chi connectivity index (χ3n) is 5.78. The van der Waals surface area contributed by atoms with Gasteiger partial charge in [-0.3, -0.25) is 9.59 Å². The molecule has 0 aliphatic rings. The fourth-order valence-corrected chi connectivity index (χ4v) is 3.20. The van der Waals surface area contributed by atoms with Crippen molar-refractivity contribution in [3.05, 3.63) is 63.3 Å². The molecular formula is C31H41NO15. The highest BCUT2D eigenvalue weighted by Gasteiger charge is 2.40. The van der Waals surface area contributed by atoms with Gasteiger partial charge in [-0.2, -0.15) is 0 Å². The van der Waals surface area contributed by atoms with Crippen LogP contribution in [0.3, 0.4) is 0 Å². The largest absolute Gasteiger partial charge is 0.465 e. The third kappa shape index (κ3) is 18.5. The maximum Gasteiger partial charge on any atom is 0.330 e. The zero-order chi connectivity index (χ0) is 35.7. The number of carbonyl (C=O) groups is 7. The Bertz CT molecular complexity index is 1080. The van der Waals surface area contributed by atoms with Crippen molar-refractivity contribution in [2.24, 2.45) is 10.8 Å². The van der Waals surface area contributed by atoms with Gasteiger partial charge < -0.3 is 43.6 Å². The smallest absolute Gasteiger partial charge is 0.330 e. The van der Waals surface area contributed by atoms with Crippen molar-refractivity contribution in [1.29, 1.82) is 0 Å². The van der Waals surface area contributed by atoms with Crippen LogP contribution in [0.15, 0.2) is 63.3 Å². The molecule has 16 nitrogen and oxygen atoms in total. The Balaban J connectivity index is 6.33. The highest BCUT2D eigenvalue weighted by atomic mass is 16.6. The summed E-state index contributed by atoms with van der Waals surface area (Å²) in [5.74, 6) is -5.72. The molecule has 1 amide bonds. The molecule has 0 radical (unpaired) electrons. The number of aliphatic hydroxyl groups is 1. The van der Waals surface area contributed by atoms with E-state index in [2.05, 4.69) is 38.2 Å². The predicted molar refractivity (Wildman–Crippen MR) is 162 cm³/mol. The fourth-order valence-electron chi connectivity index (χ4n) is 3.20. The van der Waals surface area contributed by atoms with Crippen LogP contribution in [0.2, 0.25) is 0 Å². The first-order valence-electron chi connectivity index (χ1n) is 13.9. The average molecular weight is 668 g/mol. The van der Waals surface area contributed by atoms with Gasteiger partial charge in [0.1, 0.15) is 39.6 Å². The lowest BCUT2D eigenvalue weighted by Crippen LogP contribution is -2.47. The van der Waals surface area contributed by atoms with Gasteiger partial charge in [-0.25, -0.2) is 24.0 Å². The molecule has 2 N–H and O–H groups in total. The molecule has 0 rings (SSSR count). The van der Waals surface area contributed by atoms with E-state index in [0.717, 1.165) is 30.4 Å². The van der Waals surface area contributed by atoms with Gasteiger partial charge in [0.05, 0.1) is 37.1 Å². The van der Waals surface area contributed by atoms with Crippen LogP contribution >= 0.6 is 0 Å². The van der Waals surface area contributed by atoms with Crippen LogP contribution in [0.25, 0.3) is 0 Å². The van der Waals surface area contributed by atoms with E-state index in [9.17, 15) is 33.6 Å². The van der Waals surface area contributed by atoms with Crippen LogP contribution in [-0.4, -0.2) is 113 Å². The van der Waals surface area contributed by atoms with Crippen LogP contribution in [0.1, 0.15) is 12.8 Å². The standard InChI is InChI=1S/C31H41NO15/c1-6-24(35)42-17-30(18-43-25(36)7-2,19-44-26(37)8-3)15-41-16-31(20-45-27(38)9-4,21-46-28(39)10-5)22-47-29(40)12-11-23(34)32-13-14-33/h6-10,33H,1-5,11-22H2,(H,32,34). The van der Waals surface area contributed by atoms with E-state index in [1.165, 1.54) is 0 Å².